The zero-order valence-corrected chi connectivity index (χ0v) is 9.67. The summed E-state index contributed by atoms with van der Waals surface area (Å²) in [5, 5.41) is 1.73. The highest BCUT2D eigenvalue weighted by Crippen LogP contribution is 2.21. The highest BCUT2D eigenvalue weighted by Gasteiger charge is 1.97. The zero-order valence-electron chi connectivity index (χ0n) is 5.68. The normalized spacial score (nSPS) is 9.64. The van der Waals surface area contributed by atoms with Crippen LogP contribution in [0.4, 0.5) is 0 Å². The minimum absolute atomic E-state index is 0.837. The molecule has 1 rings (SSSR count). The maximum atomic E-state index is 4.77. The monoisotopic (exact) mass is 292 g/mol. The van der Waals surface area contributed by atoms with E-state index in [0.29, 0.717) is 0 Å². The van der Waals surface area contributed by atoms with Crippen molar-refractivity contribution >= 4 is 49.4 Å². The predicted molar refractivity (Wildman–Crippen MR) is 59.2 cm³/mol. The van der Waals surface area contributed by atoms with Gasteiger partial charge in [0.25, 0.3) is 0 Å². The van der Waals surface area contributed by atoms with Crippen LogP contribution in [0, 0.1) is 0 Å². The Morgan fingerprint density at radius 3 is 2.64 bits per heavy atom. The highest BCUT2D eigenvalue weighted by atomic mass is 79.9. The van der Waals surface area contributed by atoms with Crippen LogP contribution in [0.1, 0.15) is 5.56 Å². The van der Waals surface area contributed by atoms with Crippen LogP contribution >= 0.6 is 44.1 Å². The topological polar surface area (TPSA) is 0 Å². The molecular weight excluding hydrogens is 288 g/mol. The average molecular weight is 294 g/mol. The Hall–Kier alpha value is 0.270. The molecule has 0 aliphatic heterocycles. The summed E-state index contributed by atoms with van der Waals surface area (Å²) >= 11 is 11.6. The molecule has 0 spiro atoms. The minimum Gasteiger partial charge on any atom is -0.0931 e. The molecule has 3 heteroatoms. The summed E-state index contributed by atoms with van der Waals surface area (Å²) in [6.45, 7) is 0. The quantitative estimate of drug-likeness (QED) is 0.748. The van der Waals surface area contributed by atoms with Gasteiger partial charge in [-0.25, -0.2) is 0 Å². The molecule has 1 aromatic rings. The molecule has 0 amide bonds. The first kappa shape index (κ1) is 9.36. The lowest BCUT2D eigenvalue weighted by molar-refractivity contribution is 1.34. The lowest BCUT2D eigenvalue weighted by Gasteiger charge is -1.99. The average Bonchev–Trinajstić information content (AvgIpc) is 1.95. The van der Waals surface area contributed by atoms with E-state index in [1.54, 1.807) is 5.37 Å². The molecule has 0 heterocycles. The lowest BCUT2D eigenvalue weighted by atomic mass is 10.2. The molecule has 0 aromatic heterocycles. The van der Waals surface area contributed by atoms with Gasteiger partial charge in [0.2, 0.25) is 0 Å². The summed E-state index contributed by atoms with van der Waals surface area (Å²) in [5.74, 6) is 0. The van der Waals surface area contributed by atoms with E-state index in [1.165, 1.54) is 5.56 Å². The number of thiocarbonyl (C=S) groups is 1. The number of hydrogen-bond donors (Lipinski definition) is 0. The van der Waals surface area contributed by atoms with Crippen LogP contribution in [0.2, 0.25) is 0 Å². The number of hydrogen-bond acceptors (Lipinski definition) is 1. The predicted octanol–water partition coefficient (Wildman–Crippen LogP) is 3.75. The van der Waals surface area contributed by atoms with E-state index in [1.807, 2.05) is 12.1 Å². The molecule has 58 valence electrons. The third-order valence-corrected chi connectivity index (χ3v) is 2.72. The molecule has 0 nitrogen and oxygen atoms in total. The number of halogens is 2. The molecular formula is C8H6Br2S. The van der Waals surface area contributed by atoms with Crippen molar-refractivity contribution < 1.29 is 0 Å². The summed E-state index contributed by atoms with van der Waals surface area (Å²) in [6.07, 6.45) is 0.837. The molecule has 0 atom stereocenters. The van der Waals surface area contributed by atoms with Gasteiger partial charge in [0, 0.05) is 15.4 Å². The van der Waals surface area contributed by atoms with Crippen LogP contribution in [0.3, 0.4) is 0 Å². The van der Waals surface area contributed by atoms with Crippen molar-refractivity contribution in [3.63, 3.8) is 0 Å². The van der Waals surface area contributed by atoms with Gasteiger partial charge in [-0.05, 0) is 23.1 Å². The fourth-order valence-electron chi connectivity index (χ4n) is 0.777. The van der Waals surface area contributed by atoms with E-state index in [-0.39, 0.29) is 0 Å². The Labute approximate surface area is 88.3 Å². The first-order chi connectivity index (χ1) is 5.24. The Kier molecular flexibility index (Phi) is 3.69. The second-order valence-corrected chi connectivity index (χ2v) is 4.21. The fraction of sp³-hybridized carbons (Fsp3) is 0.125. The zero-order chi connectivity index (χ0) is 8.27. The van der Waals surface area contributed by atoms with Crippen molar-refractivity contribution in [2.24, 2.45) is 0 Å². The van der Waals surface area contributed by atoms with E-state index in [9.17, 15) is 0 Å². The van der Waals surface area contributed by atoms with E-state index in [2.05, 4.69) is 37.9 Å². The van der Waals surface area contributed by atoms with Crippen molar-refractivity contribution in [2.45, 2.75) is 6.42 Å². The summed E-state index contributed by atoms with van der Waals surface area (Å²) in [6, 6.07) is 6.09. The molecule has 0 saturated carbocycles. The molecule has 11 heavy (non-hydrogen) atoms. The van der Waals surface area contributed by atoms with Crippen molar-refractivity contribution in [3.05, 3.63) is 32.7 Å². The highest BCUT2D eigenvalue weighted by molar-refractivity contribution is 9.11. The van der Waals surface area contributed by atoms with Crippen molar-refractivity contribution in [1.82, 2.24) is 0 Å². The minimum atomic E-state index is 0.837. The van der Waals surface area contributed by atoms with Crippen molar-refractivity contribution in [2.75, 3.05) is 0 Å². The first-order valence-corrected chi connectivity index (χ1v) is 5.17. The fourth-order valence-corrected chi connectivity index (χ4v) is 2.17. The van der Waals surface area contributed by atoms with Gasteiger partial charge in [0.1, 0.15) is 0 Å². The third kappa shape index (κ3) is 2.65. The number of rotatable bonds is 2. The standard InChI is InChI=1S/C8H6Br2S/c9-7-2-1-6(3-4-11)8(10)5-7/h1-2,4-5H,3H2. The van der Waals surface area contributed by atoms with E-state index < -0.39 is 0 Å². The molecule has 0 unspecified atom stereocenters. The maximum Gasteiger partial charge on any atom is 0.0221 e. The van der Waals surface area contributed by atoms with Crippen LogP contribution in [0.15, 0.2) is 27.1 Å². The Morgan fingerprint density at radius 1 is 1.36 bits per heavy atom. The number of benzene rings is 1. The van der Waals surface area contributed by atoms with Gasteiger partial charge in [0.05, 0.1) is 0 Å². The molecule has 0 radical (unpaired) electrons. The van der Waals surface area contributed by atoms with Gasteiger partial charge in [-0.3, -0.25) is 0 Å². The van der Waals surface area contributed by atoms with Gasteiger partial charge >= 0.3 is 0 Å². The molecule has 0 saturated heterocycles. The largest absolute Gasteiger partial charge is 0.0931 e. The molecule has 0 aliphatic carbocycles. The first-order valence-electron chi connectivity index (χ1n) is 3.11. The van der Waals surface area contributed by atoms with Gasteiger partial charge in [-0.15, -0.1) is 0 Å². The summed E-state index contributed by atoms with van der Waals surface area (Å²) in [7, 11) is 0. The van der Waals surface area contributed by atoms with Gasteiger partial charge in [-0.1, -0.05) is 50.1 Å². The third-order valence-electron chi connectivity index (χ3n) is 1.32. The van der Waals surface area contributed by atoms with Crippen molar-refractivity contribution in [1.29, 1.82) is 0 Å². The Bertz CT molecular complexity index is 271. The summed E-state index contributed by atoms with van der Waals surface area (Å²) < 4.78 is 2.19. The summed E-state index contributed by atoms with van der Waals surface area (Å²) in [5.41, 5.74) is 1.23. The molecule has 0 fully saturated rings. The van der Waals surface area contributed by atoms with Gasteiger partial charge in [-0.2, -0.15) is 0 Å². The van der Waals surface area contributed by atoms with Crippen LogP contribution in [-0.4, -0.2) is 5.37 Å². The van der Waals surface area contributed by atoms with E-state index in [0.717, 1.165) is 15.4 Å². The molecule has 0 N–H and O–H groups in total. The van der Waals surface area contributed by atoms with Crippen LogP contribution in [0.5, 0.6) is 0 Å². The Morgan fingerprint density at radius 2 is 2.09 bits per heavy atom. The SMILES string of the molecule is S=CCc1ccc(Br)cc1Br. The Balaban J connectivity index is 2.98. The van der Waals surface area contributed by atoms with E-state index >= 15 is 0 Å². The second kappa shape index (κ2) is 4.33. The van der Waals surface area contributed by atoms with Crippen molar-refractivity contribution in [3.8, 4) is 0 Å². The maximum absolute atomic E-state index is 4.77. The second-order valence-electron chi connectivity index (χ2n) is 2.11. The molecule has 0 aliphatic rings. The smallest absolute Gasteiger partial charge is 0.0221 e. The van der Waals surface area contributed by atoms with Gasteiger partial charge in [0.15, 0.2) is 0 Å². The van der Waals surface area contributed by atoms with Crippen LogP contribution < -0.4 is 0 Å². The van der Waals surface area contributed by atoms with Crippen LogP contribution in [0.25, 0.3) is 0 Å². The molecule has 1 aromatic carbocycles. The lowest BCUT2D eigenvalue weighted by Crippen LogP contribution is -1.85. The van der Waals surface area contributed by atoms with E-state index in [4.69, 9.17) is 12.2 Å². The molecule has 0 bridgehead atoms. The van der Waals surface area contributed by atoms with Crippen LogP contribution in [-0.2, 0) is 6.42 Å². The summed E-state index contributed by atoms with van der Waals surface area (Å²) in [4.78, 5) is 0. The van der Waals surface area contributed by atoms with Gasteiger partial charge < -0.3 is 0 Å².